The molecule has 1 aromatic heterocycles. The van der Waals surface area contributed by atoms with Gasteiger partial charge < -0.3 is 14.5 Å². The molecule has 10 nitrogen and oxygen atoms in total. The summed E-state index contributed by atoms with van der Waals surface area (Å²) in [6.07, 6.45) is -0.426. The minimum atomic E-state index is -0.837. The first kappa shape index (κ1) is 14.8. The summed E-state index contributed by atoms with van der Waals surface area (Å²) >= 11 is 0. The van der Waals surface area contributed by atoms with Gasteiger partial charge in [0.2, 0.25) is 5.69 Å². The van der Waals surface area contributed by atoms with Crippen molar-refractivity contribution in [3.05, 3.63) is 26.5 Å². The molecule has 0 aliphatic carbocycles. The fourth-order valence-corrected chi connectivity index (χ4v) is 1.95. The van der Waals surface area contributed by atoms with E-state index in [0.717, 1.165) is 0 Å². The van der Waals surface area contributed by atoms with Gasteiger partial charge in [-0.15, -0.1) is 0 Å². The Balaban J connectivity index is 2.02. The molecule has 1 aliphatic rings. The zero-order valence-electron chi connectivity index (χ0n) is 11.4. The van der Waals surface area contributed by atoms with Gasteiger partial charge in [0, 0.05) is 26.2 Å². The molecule has 0 spiro atoms. The number of rotatable bonds is 2. The first-order valence-electron chi connectivity index (χ1n) is 6.43. The van der Waals surface area contributed by atoms with Crippen LogP contribution in [0.2, 0.25) is 0 Å². The monoisotopic (exact) mass is 297 g/mol. The molecule has 2 N–H and O–H groups in total. The molecule has 1 aromatic rings. The van der Waals surface area contributed by atoms with Gasteiger partial charge in [-0.1, -0.05) is 0 Å². The summed E-state index contributed by atoms with van der Waals surface area (Å²) in [5.74, 6) is -0.587. The van der Waals surface area contributed by atoms with Crippen molar-refractivity contribution in [3.8, 4) is 0 Å². The van der Waals surface area contributed by atoms with Crippen LogP contribution in [0.15, 0.2) is 9.59 Å². The predicted octanol–water partition coefficient (Wildman–Crippen LogP) is -1.63. The maximum absolute atomic E-state index is 12.1. The van der Waals surface area contributed by atoms with E-state index in [1.54, 1.807) is 6.92 Å². The highest BCUT2D eigenvalue weighted by Crippen LogP contribution is 2.06. The second kappa shape index (κ2) is 6.20. The quantitative estimate of drug-likeness (QED) is 0.674. The second-order valence-electron chi connectivity index (χ2n) is 4.33. The van der Waals surface area contributed by atoms with Gasteiger partial charge in [-0.3, -0.25) is 14.6 Å². The minimum Gasteiger partial charge on any atom is -0.450 e. The molecule has 0 saturated carbocycles. The number of aromatic amines is 2. The highest BCUT2D eigenvalue weighted by Gasteiger charge is 2.27. The molecule has 0 aromatic carbocycles. The summed E-state index contributed by atoms with van der Waals surface area (Å²) < 4.78 is 4.87. The largest absolute Gasteiger partial charge is 0.450 e. The summed E-state index contributed by atoms with van der Waals surface area (Å²) in [6, 6.07) is 0. The van der Waals surface area contributed by atoms with Gasteiger partial charge in [-0.05, 0) is 6.92 Å². The Morgan fingerprint density at radius 3 is 2.38 bits per heavy atom. The molecule has 1 fully saturated rings. The molecule has 2 rings (SSSR count). The van der Waals surface area contributed by atoms with Crippen LogP contribution < -0.4 is 11.2 Å². The van der Waals surface area contributed by atoms with Crippen LogP contribution in [0, 0.1) is 0 Å². The van der Waals surface area contributed by atoms with Crippen LogP contribution in [0.4, 0.5) is 4.79 Å². The van der Waals surface area contributed by atoms with Gasteiger partial charge in [-0.25, -0.2) is 14.7 Å². The van der Waals surface area contributed by atoms with Gasteiger partial charge in [0.1, 0.15) is 0 Å². The molecule has 0 unspecified atom stereocenters. The van der Waals surface area contributed by atoms with E-state index in [9.17, 15) is 19.2 Å². The first-order chi connectivity index (χ1) is 10.0. The average molecular weight is 297 g/mol. The summed E-state index contributed by atoms with van der Waals surface area (Å²) in [4.78, 5) is 50.8. The van der Waals surface area contributed by atoms with E-state index < -0.39 is 23.2 Å². The number of H-pyrrole nitrogens is 2. The van der Waals surface area contributed by atoms with Gasteiger partial charge in [-0.2, -0.15) is 5.10 Å². The molecule has 0 bridgehead atoms. The molecule has 2 amide bonds. The Hall–Kier alpha value is -2.65. The van der Waals surface area contributed by atoms with Crippen molar-refractivity contribution in [1.29, 1.82) is 0 Å². The van der Waals surface area contributed by atoms with Crippen molar-refractivity contribution in [1.82, 2.24) is 25.0 Å². The lowest BCUT2D eigenvalue weighted by Gasteiger charge is -2.33. The Kier molecular flexibility index (Phi) is 4.36. The molecule has 1 aliphatic heterocycles. The second-order valence-corrected chi connectivity index (χ2v) is 4.33. The summed E-state index contributed by atoms with van der Waals surface area (Å²) in [7, 11) is 0. The number of hydrogen-bond donors (Lipinski definition) is 2. The Morgan fingerprint density at radius 1 is 1.19 bits per heavy atom. The number of amides is 2. The predicted molar refractivity (Wildman–Crippen MR) is 70.0 cm³/mol. The lowest BCUT2D eigenvalue weighted by Crippen LogP contribution is -2.51. The van der Waals surface area contributed by atoms with Crippen molar-refractivity contribution >= 4 is 12.0 Å². The SMILES string of the molecule is CCOC(=O)N1CCN(C(=O)c2n[nH]c(=O)[nH]c2=O)CC1. The van der Waals surface area contributed by atoms with Crippen LogP contribution in [0.5, 0.6) is 0 Å². The van der Waals surface area contributed by atoms with Crippen LogP contribution in [0.3, 0.4) is 0 Å². The van der Waals surface area contributed by atoms with E-state index in [4.69, 9.17) is 4.74 Å². The van der Waals surface area contributed by atoms with Gasteiger partial charge in [0.15, 0.2) is 0 Å². The van der Waals surface area contributed by atoms with Gasteiger partial charge >= 0.3 is 11.8 Å². The van der Waals surface area contributed by atoms with Crippen LogP contribution in [0.1, 0.15) is 17.4 Å². The van der Waals surface area contributed by atoms with E-state index in [0.29, 0.717) is 13.1 Å². The number of carbonyl (C=O) groups excluding carboxylic acids is 2. The Bertz CT molecular complexity index is 643. The first-order valence-corrected chi connectivity index (χ1v) is 6.43. The van der Waals surface area contributed by atoms with Gasteiger partial charge in [0.05, 0.1) is 6.61 Å². The molecule has 10 heteroatoms. The average Bonchev–Trinajstić information content (AvgIpc) is 2.47. The summed E-state index contributed by atoms with van der Waals surface area (Å²) in [5.41, 5.74) is -1.99. The molecule has 0 atom stereocenters. The fourth-order valence-electron chi connectivity index (χ4n) is 1.95. The molecule has 21 heavy (non-hydrogen) atoms. The van der Waals surface area contributed by atoms with E-state index >= 15 is 0 Å². The third-order valence-corrected chi connectivity index (χ3v) is 3.01. The highest BCUT2D eigenvalue weighted by atomic mass is 16.6. The molecule has 0 radical (unpaired) electrons. The maximum atomic E-state index is 12.1. The van der Waals surface area contributed by atoms with Crippen LogP contribution in [0.25, 0.3) is 0 Å². The topological polar surface area (TPSA) is 128 Å². The Morgan fingerprint density at radius 2 is 1.81 bits per heavy atom. The minimum absolute atomic E-state index is 0.262. The number of piperazine rings is 1. The van der Waals surface area contributed by atoms with Crippen molar-refractivity contribution in [2.45, 2.75) is 6.92 Å². The smallest absolute Gasteiger partial charge is 0.409 e. The standard InChI is InChI=1S/C11H15N5O5/c1-2-21-11(20)16-5-3-15(4-6-16)9(18)7-8(17)12-10(19)14-13-7/h2-6H2,1H3,(H2,12,14,17,19). The number of nitrogens with zero attached hydrogens (tertiary/aromatic N) is 3. The van der Waals surface area contributed by atoms with Crippen LogP contribution in [-0.4, -0.2) is 69.8 Å². The van der Waals surface area contributed by atoms with E-state index in [1.807, 2.05) is 10.1 Å². The van der Waals surface area contributed by atoms with Crippen LogP contribution in [-0.2, 0) is 4.74 Å². The lowest BCUT2D eigenvalue weighted by molar-refractivity contribution is 0.0563. The summed E-state index contributed by atoms with van der Waals surface area (Å²) in [6.45, 7) is 3.15. The molecular weight excluding hydrogens is 282 g/mol. The number of hydrogen-bond acceptors (Lipinski definition) is 6. The molecule has 114 valence electrons. The summed E-state index contributed by atoms with van der Waals surface area (Å²) in [5, 5.41) is 5.47. The number of aromatic nitrogens is 3. The van der Waals surface area contributed by atoms with Crippen molar-refractivity contribution in [2.24, 2.45) is 0 Å². The van der Waals surface area contributed by atoms with Crippen molar-refractivity contribution in [2.75, 3.05) is 32.8 Å². The molecular formula is C11H15N5O5. The number of nitrogens with one attached hydrogen (secondary N) is 2. The zero-order chi connectivity index (χ0) is 15.4. The van der Waals surface area contributed by atoms with Crippen LogP contribution >= 0.6 is 0 Å². The zero-order valence-corrected chi connectivity index (χ0v) is 11.4. The van der Waals surface area contributed by atoms with E-state index in [-0.39, 0.29) is 25.4 Å². The molecule has 2 heterocycles. The highest BCUT2D eigenvalue weighted by molar-refractivity contribution is 5.91. The fraction of sp³-hybridized carbons (Fsp3) is 0.545. The Labute approximate surface area is 118 Å². The third-order valence-electron chi connectivity index (χ3n) is 3.01. The number of carbonyl (C=O) groups is 2. The van der Waals surface area contributed by atoms with Gasteiger partial charge in [0.25, 0.3) is 11.5 Å². The van der Waals surface area contributed by atoms with E-state index in [1.165, 1.54) is 9.80 Å². The lowest BCUT2D eigenvalue weighted by atomic mass is 10.3. The maximum Gasteiger partial charge on any atom is 0.409 e. The van der Waals surface area contributed by atoms with Crippen molar-refractivity contribution < 1.29 is 14.3 Å². The third kappa shape index (κ3) is 3.27. The van der Waals surface area contributed by atoms with E-state index in [2.05, 4.69) is 5.10 Å². The molecule has 1 saturated heterocycles. The van der Waals surface area contributed by atoms with Crippen molar-refractivity contribution in [3.63, 3.8) is 0 Å². The number of ether oxygens (including phenoxy) is 1. The normalized spacial score (nSPS) is 14.9.